The molecular weight excluding hydrogens is 312 g/mol. The van der Waals surface area contributed by atoms with Gasteiger partial charge in [-0.2, -0.15) is 0 Å². The van der Waals surface area contributed by atoms with Crippen molar-refractivity contribution in [3.63, 3.8) is 0 Å². The van der Waals surface area contributed by atoms with E-state index in [1.807, 2.05) is 0 Å². The first-order chi connectivity index (χ1) is 11.7. The van der Waals surface area contributed by atoms with Crippen LogP contribution < -0.4 is 9.64 Å². The summed E-state index contributed by atoms with van der Waals surface area (Å²) in [4.78, 5) is 10.2. The standard InChI is InChI=1S/C18H19F2N3O/c19-14-8-12(9-15(20)18(14)23-6-1-2-7-23)16-10-21-11-17(22-16)24-13-4-3-5-13/h8-11,13H,1-7H2. The van der Waals surface area contributed by atoms with Gasteiger partial charge >= 0.3 is 0 Å². The van der Waals surface area contributed by atoms with Gasteiger partial charge in [0.15, 0.2) is 0 Å². The second-order valence-corrected chi connectivity index (χ2v) is 6.40. The SMILES string of the molecule is Fc1cc(-c2cncc(OC3CCC3)n2)cc(F)c1N1CCCC1. The molecule has 0 bridgehead atoms. The molecule has 2 fully saturated rings. The zero-order valence-electron chi connectivity index (χ0n) is 13.3. The van der Waals surface area contributed by atoms with Crippen molar-refractivity contribution in [1.29, 1.82) is 0 Å². The molecule has 0 amide bonds. The highest BCUT2D eigenvalue weighted by Gasteiger charge is 2.22. The van der Waals surface area contributed by atoms with E-state index in [1.54, 1.807) is 4.90 Å². The van der Waals surface area contributed by atoms with Crippen LogP contribution in [0.1, 0.15) is 32.1 Å². The number of nitrogens with zero attached hydrogens (tertiary/aromatic N) is 3. The van der Waals surface area contributed by atoms with Gasteiger partial charge in [-0.15, -0.1) is 0 Å². The smallest absolute Gasteiger partial charge is 0.233 e. The third kappa shape index (κ3) is 2.92. The lowest BCUT2D eigenvalue weighted by Gasteiger charge is -2.25. The molecule has 2 heterocycles. The van der Waals surface area contributed by atoms with Gasteiger partial charge in [-0.25, -0.2) is 13.8 Å². The Balaban J connectivity index is 1.62. The molecule has 126 valence electrons. The quantitative estimate of drug-likeness (QED) is 0.850. The molecule has 6 heteroatoms. The van der Waals surface area contributed by atoms with Crippen LogP contribution in [0, 0.1) is 11.6 Å². The van der Waals surface area contributed by atoms with Crippen LogP contribution in [0.15, 0.2) is 24.5 Å². The molecule has 1 aromatic heterocycles. The molecule has 0 atom stereocenters. The Morgan fingerprint density at radius 3 is 2.33 bits per heavy atom. The molecule has 2 aromatic rings. The average Bonchev–Trinajstić information content (AvgIpc) is 3.04. The summed E-state index contributed by atoms with van der Waals surface area (Å²) in [5.74, 6) is -0.709. The van der Waals surface area contributed by atoms with Crippen molar-refractivity contribution in [1.82, 2.24) is 9.97 Å². The molecule has 24 heavy (non-hydrogen) atoms. The van der Waals surface area contributed by atoms with Gasteiger partial charge in [0.05, 0.1) is 18.1 Å². The van der Waals surface area contributed by atoms with Crippen molar-refractivity contribution >= 4 is 5.69 Å². The van der Waals surface area contributed by atoms with E-state index in [4.69, 9.17) is 4.74 Å². The van der Waals surface area contributed by atoms with Gasteiger partial charge in [-0.3, -0.25) is 4.98 Å². The largest absolute Gasteiger partial charge is 0.473 e. The third-order valence-electron chi connectivity index (χ3n) is 4.69. The Labute approximate surface area is 139 Å². The maximum absolute atomic E-state index is 14.5. The van der Waals surface area contributed by atoms with Crippen LogP contribution in [0.3, 0.4) is 0 Å². The van der Waals surface area contributed by atoms with Gasteiger partial charge in [0.25, 0.3) is 0 Å². The average molecular weight is 331 g/mol. The van der Waals surface area contributed by atoms with E-state index in [2.05, 4.69) is 9.97 Å². The van der Waals surface area contributed by atoms with E-state index in [0.717, 1.165) is 32.1 Å². The van der Waals surface area contributed by atoms with Crippen molar-refractivity contribution in [3.8, 4) is 17.1 Å². The summed E-state index contributed by atoms with van der Waals surface area (Å²) >= 11 is 0. The van der Waals surface area contributed by atoms with E-state index in [9.17, 15) is 8.78 Å². The molecule has 1 aliphatic heterocycles. The third-order valence-corrected chi connectivity index (χ3v) is 4.69. The number of hydrogen-bond donors (Lipinski definition) is 0. The Bertz CT molecular complexity index is 720. The van der Waals surface area contributed by atoms with Crippen LogP contribution in [0.2, 0.25) is 0 Å². The molecule has 1 saturated heterocycles. The fourth-order valence-corrected chi connectivity index (χ4v) is 3.16. The predicted octanol–water partition coefficient (Wildman–Crippen LogP) is 3.95. The fraction of sp³-hybridized carbons (Fsp3) is 0.444. The number of benzene rings is 1. The topological polar surface area (TPSA) is 38.3 Å². The van der Waals surface area contributed by atoms with Gasteiger partial charge in [0.2, 0.25) is 5.88 Å². The van der Waals surface area contributed by atoms with Gasteiger partial charge in [-0.05, 0) is 44.2 Å². The number of hydrogen-bond acceptors (Lipinski definition) is 4. The highest BCUT2D eigenvalue weighted by Crippen LogP contribution is 2.32. The molecule has 1 aliphatic carbocycles. The van der Waals surface area contributed by atoms with Crippen LogP contribution in [-0.4, -0.2) is 29.2 Å². The van der Waals surface area contributed by atoms with Crippen molar-refractivity contribution in [2.75, 3.05) is 18.0 Å². The number of anilines is 1. The summed E-state index contributed by atoms with van der Waals surface area (Å²) in [7, 11) is 0. The first kappa shape index (κ1) is 15.3. The lowest BCUT2D eigenvalue weighted by atomic mass is 9.96. The molecule has 1 aromatic carbocycles. The van der Waals surface area contributed by atoms with Crippen LogP contribution >= 0.6 is 0 Å². The monoisotopic (exact) mass is 331 g/mol. The minimum absolute atomic E-state index is 0.0612. The van der Waals surface area contributed by atoms with Crippen molar-refractivity contribution in [2.24, 2.45) is 0 Å². The predicted molar refractivity (Wildman–Crippen MR) is 87.1 cm³/mol. The normalized spacial score (nSPS) is 17.8. The van der Waals surface area contributed by atoms with Crippen LogP contribution in [0.5, 0.6) is 5.88 Å². The molecule has 0 radical (unpaired) electrons. The summed E-state index contributed by atoms with van der Waals surface area (Å²) < 4.78 is 34.6. The molecule has 4 nitrogen and oxygen atoms in total. The van der Waals surface area contributed by atoms with E-state index in [1.165, 1.54) is 24.5 Å². The Morgan fingerprint density at radius 1 is 1.00 bits per heavy atom. The van der Waals surface area contributed by atoms with Crippen molar-refractivity contribution < 1.29 is 13.5 Å². The molecule has 1 saturated carbocycles. The van der Waals surface area contributed by atoms with E-state index in [0.29, 0.717) is 30.2 Å². The highest BCUT2D eigenvalue weighted by atomic mass is 19.1. The summed E-state index contributed by atoms with van der Waals surface area (Å²) in [5, 5.41) is 0. The first-order valence-electron chi connectivity index (χ1n) is 8.44. The summed E-state index contributed by atoms with van der Waals surface area (Å²) in [6.07, 6.45) is 8.33. The number of rotatable bonds is 4. The molecule has 4 rings (SSSR count). The summed E-state index contributed by atoms with van der Waals surface area (Å²) in [5.41, 5.74) is 0.850. The lowest BCUT2D eigenvalue weighted by Crippen LogP contribution is -2.25. The fourth-order valence-electron chi connectivity index (χ4n) is 3.16. The highest BCUT2D eigenvalue weighted by molar-refractivity contribution is 5.64. The molecular formula is C18H19F2N3O. The molecule has 0 spiro atoms. The van der Waals surface area contributed by atoms with Gasteiger partial charge in [0.1, 0.15) is 23.4 Å². The van der Waals surface area contributed by atoms with Gasteiger partial charge < -0.3 is 9.64 Å². The molecule has 0 unspecified atom stereocenters. The minimum Gasteiger partial charge on any atom is -0.473 e. The first-order valence-corrected chi connectivity index (χ1v) is 8.44. The Morgan fingerprint density at radius 2 is 1.71 bits per heavy atom. The zero-order chi connectivity index (χ0) is 16.5. The van der Waals surface area contributed by atoms with E-state index >= 15 is 0 Å². The number of halogens is 2. The number of aromatic nitrogens is 2. The van der Waals surface area contributed by atoms with Crippen molar-refractivity contribution in [2.45, 2.75) is 38.2 Å². The summed E-state index contributed by atoms with van der Waals surface area (Å²) in [6, 6.07) is 2.65. The minimum atomic E-state index is -0.556. The van der Waals surface area contributed by atoms with E-state index < -0.39 is 11.6 Å². The van der Waals surface area contributed by atoms with Crippen LogP contribution in [0.25, 0.3) is 11.3 Å². The van der Waals surface area contributed by atoms with Gasteiger partial charge in [0, 0.05) is 18.7 Å². The second-order valence-electron chi connectivity index (χ2n) is 6.40. The van der Waals surface area contributed by atoms with E-state index in [-0.39, 0.29) is 11.8 Å². The molecule has 2 aliphatic rings. The lowest BCUT2D eigenvalue weighted by molar-refractivity contribution is 0.114. The maximum Gasteiger partial charge on any atom is 0.233 e. The van der Waals surface area contributed by atoms with Crippen molar-refractivity contribution in [3.05, 3.63) is 36.2 Å². The maximum atomic E-state index is 14.5. The van der Waals surface area contributed by atoms with Crippen LogP contribution in [0.4, 0.5) is 14.5 Å². The Kier molecular flexibility index (Phi) is 4.04. The molecule has 0 N–H and O–H groups in total. The van der Waals surface area contributed by atoms with Crippen LogP contribution in [-0.2, 0) is 0 Å². The second kappa shape index (κ2) is 6.34. The van der Waals surface area contributed by atoms with Gasteiger partial charge in [-0.1, -0.05) is 0 Å². The number of ether oxygens (including phenoxy) is 1. The zero-order valence-corrected chi connectivity index (χ0v) is 13.3. The summed E-state index contributed by atoms with van der Waals surface area (Å²) in [6.45, 7) is 1.38. The Hall–Kier alpha value is -2.24.